The molecule has 0 spiro atoms. The first-order valence-corrected chi connectivity index (χ1v) is 8.34. The molecule has 2 fully saturated rings. The van der Waals surface area contributed by atoms with Gasteiger partial charge in [0.2, 0.25) is 17.7 Å². The normalized spacial score (nSPS) is 23.8. The van der Waals surface area contributed by atoms with Gasteiger partial charge in [-0.2, -0.15) is 0 Å². The second kappa shape index (κ2) is 6.71. The minimum Gasteiger partial charge on any atom is -0.326 e. The number of fused-ring (bicyclic) bond motifs is 1. The lowest BCUT2D eigenvalue weighted by Gasteiger charge is -2.19. The maximum absolute atomic E-state index is 12.3. The highest BCUT2D eigenvalue weighted by molar-refractivity contribution is 6.30. The maximum Gasteiger partial charge on any atom is 0.233 e. The fraction of sp³-hybridized carbons (Fsp3) is 0.471. The summed E-state index contributed by atoms with van der Waals surface area (Å²) in [6.07, 6.45) is 3.71. The summed E-state index contributed by atoms with van der Waals surface area (Å²) in [5, 5.41) is 3.33. The standard InChI is InChI=1S/C17H19ClN2O3/c18-11-5-7-12(8-6-11)19-15(21)9-10-20-16(22)13-3-1-2-4-14(13)17(20)23/h5-8,13-14H,1-4,9-10H2,(H,19,21)/t13-,14-/m0/s1. The molecule has 0 aromatic heterocycles. The molecule has 5 nitrogen and oxygen atoms in total. The summed E-state index contributed by atoms with van der Waals surface area (Å²) in [7, 11) is 0. The van der Waals surface area contributed by atoms with Gasteiger partial charge in [0.25, 0.3) is 0 Å². The van der Waals surface area contributed by atoms with Crippen molar-refractivity contribution in [1.82, 2.24) is 4.90 Å². The highest BCUT2D eigenvalue weighted by atomic mass is 35.5. The SMILES string of the molecule is O=C(CCN1C(=O)[C@H]2CCCC[C@@H]2C1=O)Nc1ccc(Cl)cc1. The number of hydrogen-bond acceptors (Lipinski definition) is 3. The van der Waals surface area contributed by atoms with Crippen molar-refractivity contribution in [3.63, 3.8) is 0 Å². The third kappa shape index (κ3) is 3.39. The van der Waals surface area contributed by atoms with Crippen LogP contribution in [0.5, 0.6) is 0 Å². The third-order valence-electron chi connectivity index (χ3n) is 4.62. The van der Waals surface area contributed by atoms with Crippen molar-refractivity contribution in [3.8, 4) is 0 Å². The Labute approximate surface area is 140 Å². The molecule has 6 heteroatoms. The zero-order chi connectivity index (χ0) is 16.4. The molecule has 1 saturated heterocycles. The summed E-state index contributed by atoms with van der Waals surface area (Å²) in [5.74, 6) is -0.730. The summed E-state index contributed by atoms with van der Waals surface area (Å²) < 4.78 is 0. The van der Waals surface area contributed by atoms with Crippen molar-refractivity contribution in [3.05, 3.63) is 29.3 Å². The Morgan fingerprint density at radius 2 is 1.65 bits per heavy atom. The second-order valence-corrected chi connectivity index (χ2v) is 6.57. The molecule has 1 aliphatic carbocycles. The van der Waals surface area contributed by atoms with E-state index in [1.807, 2.05) is 0 Å². The van der Waals surface area contributed by atoms with Gasteiger partial charge >= 0.3 is 0 Å². The van der Waals surface area contributed by atoms with Gasteiger partial charge in [-0.15, -0.1) is 0 Å². The molecule has 122 valence electrons. The lowest BCUT2D eigenvalue weighted by Crippen LogP contribution is -2.34. The van der Waals surface area contributed by atoms with Crippen molar-refractivity contribution in [2.45, 2.75) is 32.1 Å². The minimum absolute atomic E-state index is 0.0982. The molecule has 1 aromatic rings. The van der Waals surface area contributed by atoms with E-state index in [0.717, 1.165) is 25.7 Å². The quantitative estimate of drug-likeness (QED) is 0.861. The largest absolute Gasteiger partial charge is 0.326 e. The topological polar surface area (TPSA) is 66.5 Å². The van der Waals surface area contributed by atoms with Gasteiger partial charge in [-0.1, -0.05) is 24.4 Å². The number of amides is 3. The predicted octanol–water partition coefficient (Wildman–Crippen LogP) is 2.84. The summed E-state index contributed by atoms with van der Waals surface area (Å²) in [6, 6.07) is 6.80. The summed E-state index contributed by atoms with van der Waals surface area (Å²) in [6.45, 7) is 0.157. The number of nitrogens with one attached hydrogen (secondary N) is 1. The number of rotatable bonds is 4. The van der Waals surface area contributed by atoms with Crippen molar-refractivity contribution in [2.24, 2.45) is 11.8 Å². The highest BCUT2D eigenvalue weighted by Gasteiger charge is 2.47. The summed E-state index contributed by atoms with van der Waals surface area (Å²) in [5.41, 5.74) is 0.646. The Hall–Kier alpha value is -1.88. The van der Waals surface area contributed by atoms with E-state index in [9.17, 15) is 14.4 Å². The molecule has 23 heavy (non-hydrogen) atoms. The molecular formula is C17H19ClN2O3. The van der Waals surface area contributed by atoms with Crippen LogP contribution in [-0.2, 0) is 14.4 Å². The molecule has 1 heterocycles. The molecular weight excluding hydrogens is 316 g/mol. The number of benzene rings is 1. The Balaban J connectivity index is 1.55. The van der Waals surface area contributed by atoms with Crippen molar-refractivity contribution >= 4 is 35.0 Å². The predicted molar refractivity (Wildman–Crippen MR) is 86.9 cm³/mol. The number of imide groups is 1. The Bertz CT molecular complexity index is 605. The van der Waals surface area contributed by atoms with Crippen LogP contribution in [0.2, 0.25) is 5.02 Å². The van der Waals surface area contributed by atoms with Gasteiger partial charge in [0.1, 0.15) is 0 Å². The molecule has 0 bridgehead atoms. The van der Waals surface area contributed by atoms with Crippen molar-refractivity contribution < 1.29 is 14.4 Å². The molecule has 3 rings (SSSR count). The molecule has 2 atom stereocenters. The van der Waals surface area contributed by atoms with E-state index >= 15 is 0 Å². The molecule has 1 saturated carbocycles. The molecule has 3 amide bonds. The summed E-state index contributed by atoms with van der Waals surface area (Å²) in [4.78, 5) is 37.9. The van der Waals surface area contributed by atoms with E-state index in [0.29, 0.717) is 10.7 Å². The number of anilines is 1. The molecule has 1 aromatic carbocycles. The van der Waals surface area contributed by atoms with Gasteiger partial charge < -0.3 is 5.32 Å². The van der Waals surface area contributed by atoms with Crippen LogP contribution in [0.15, 0.2) is 24.3 Å². The van der Waals surface area contributed by atoms with Gasteiger partial charge in [-0.3, -0.25) is 19.3 Å². The zero-order valence-corrected chi connectivity index (χ0v) is 13.5. The van der Waals surface area contributed by atoms with E-state index in [4.69, 9.17) is 11.6 Å². The van der Waals surface area contributed by atoms with Gasteiger partial charge in [-0.05, 0) is 37.1 Å². The monoisotopic (exact) mass is 334 g/mol. The third-order valence-corrected chi connectivity index (χ3v) is 4.87. The van der Waals surface area contributed by atoms with Crippen LogP contribution in [0.25, 0.3) is 0 Å². The van der Waals surface area contributed by atoms with Crippen LogP contribution >= 0.6 is 11.6 Å². The van der Waals surface area contributed by atoms with Gasteiger partial charge in [0.15, 0.2) is 0 Å². The first kappa shape index (κ1) is 16.0. The lowest BCUT2D eigenvalue weighted by molar-refractivity contribution is -0.140. The lowest BCUT2D eigenvalue weighted by atomic mass is 9.81. The van der Waals surface area contributed by atoms with Crippen LogP contribution in [0, 0.1) is 11.8 Å². The van der Waals surface area contributed by atoms with Gasteiger partial charge in [0.05, 0.1) is 11.8 Å². The molecule has 1 aliphatic heterocycles. The summed E-state index contributed by atoms with van der Waals surface area (Å²) >= 11 is 5.79. The van der Waals surface area contributed by atoms with E-state index in [2.05, 4.69) is 5.32 Å². The number of hydrogen-bond donors (Lipinski definition) is 1. The van der Waals surface area contributed by atoms with Crippen molar-refractivity contribution in [1.29, 1.82) is 0 Å². The second-order valence-electron chi connectivity index (χ2n) is 6.13. The Morgan fingerprint density at radius 1 is 1.09 bits per heavy atom. The average Bonchev–Trinajstić information content (AvgIpc) is 2.80. The number of halogens is 1. The molecule has 1 N–H and O–H groups in total. The smallest absolute Gasteiger partial charge is 0.233 e. The minimum atomic E-state index is -0.220. The molecule has 2 aliphatic rings. The number of carbonyl (C=O) groups excluding carboxylic acids is 3. The van der Waals surface area contributed by atoms with Crippen LogP contribution in [0.1, 0.15) is 32.1 Å². The number of carbonyl (C=O) groups is 3. The molecule has 0 radical (unpaired) electrons. The van der Waals surface area contributed by atoms with E-state index < -0.39 is 0 Å². The van der Waals surface area contributed by atoms with Crippen LogP contribution in [0.4, 0.5) is 5.69 Å². The zero-order valence-electron chi connectivity index (χ0n) is 12.8. The fourth-order valence-corrected chi connectivity index (χ4v) is 3.55. The van der Waals surface area contributed by atoms with Gasteiger partial charge in [0, 0.05) is 23.7 Å². The number of nitrogens with zero attached hydrogens (tertiary/aromatic N) is 1. The fourth-order valence-electron chi connectivity index (χ4n) is 3.42. The van der Waals surface area contributed by atoms with E-state index in [1.165, 1.54) is 4.90 Å². The van der Waals surface area contributed by atoms with Crippen LogP contribution in [-0.4, -0.2) is 29.2 Å². The van der Waals surface area contributed by atoms with Gasteiger partial charge in [-0.25, -0.2) is 0 Å². The average molecular weight is 335 g/mol. The van der Waals surface area contributed by atoms with Crippen molar-refractivity contribution in [2.75, 3.05) is 11.9 Å². The highest BCUT2D eigenvalue weighted by Crippen LogP contribution is 2.37. The first-order chi connectivity index (χ1) is 11.1. The van der Waals surface area contributed by atoms with E-state index in [1.54, 1.807) is 24.3 Å². The van der Waals surface area contributed by atoms with E-state index in [-0.39, 0.29) is 42.5 Å². The van der Waals surface area contributed by atoms with Crippen LogP contribution in [0.3, 0.4) is 0 Å². The number of likely N-dealkylation sites (tertiary alicyclic amines) is 1. The molecule has 0 unspecified atom stereocenters. The first-order valence-electron chi connectivity index (χ1n) is 7.97. The van der Waals surface area contributed by atoms with Crippen LogP contribution < -0.4 is 5.32 Å². The maximum atomic E-state index is 12.3. The Kier molecular flexibility index (Phi) is 4.66. The Morgan fingerprint density at radius 3 is 2.22 bits per heavy atom.